The molecule has 1 aliphatic carbocycles. The number of fused-ring (bicyclic) bond motifs is 1. The van der Waals surface area contributed by atoms with E-state index in [4.69, 9.17) is 5.73 Å². The molecular weight excluding hydrogens is 408 g/mol. The highest BCUT2D eigenvalue weighted by atomic mass is 32.1. The van der Waals surface area contributed by atoms with Crippen LogP contribution < -0.4 is 16.0 Å². The lowest BCUT2D eigenvalue weighted by Crippen LogP contribution is -2.40. The van der Waals surface area contributed by atoms with Crippen molar-refractivity contribution in [2.24, 2.45) is 5.73 Å². The molecule has 0 spiro atoms. The molecule has 1 atom stereocenters. The number of hydrogen-bond donors (Lipinski definition) is 2. The molecule has 7 heteroatoms. The van der Waals surface area contributed by atoms with Gasteiger partial charge in [0, 0.05) is 30.2 Å². The Kier molecular flexibility index (Phi) is 6.62. The SMILES string of the molecule is C[C@H](C(=O)Nc1sc2c(c1C(N)=O)CCC2)N(C)Cc1ccccc1N1CCCCC1. The molecule has 0 bridgehead atoms. The number of hydrogen-bond acceptors (Lipinski definition) is 5. The fourth-order valence-electron chi connectivity index (χ4n) is 4.66. The molecule has 2 aliphatic rings. The van der Waals surface area contributed by atoms with Crippen LogP contribution in [0.25, 0.3) is 0 Å². The summed E-state index contributed by atoms with van der Waals surface area (Å²) in [6, 6.07) is 8.15. The van der Waals surface area contributed by atoms with E-state index < -0.39 is 5.91 Å². The molecule has 4 rings (SSSR count). The third-order valence-corrected chi connectivity index (χ3v) is 7.76. The van der Waals surface area contributed by atoms with Crippen LogP contribution in [-0.2, 0) is 24.2 Å². The number of primary amides is 1. The summed E-state index contributed by atoms with van der Waals surface area (Å²) in [6.45, 7) is 4.78. The summed E-state index contributed by atoms with van der Waals surface area (Å²) < 4.78 is 0. The predicted octanol–water partition coefficient (Wildman–Crippen LogP) is 3.79. The van der Waals surface area contributed by atoms with Gasteiger partial charge in [-0.25, -0.2) is 0 Å². The molecule has 1 aromatic heterocycles. The van der Waals surface area contributed by atoms with E-state index >= 15 is 0 Å². The second kappa shape index (κ2) is 9.40. The number of likely N-dealkylation sites (N-methyl/N-ethyl adjacent to an activating group) is 1. The lowest BCUT2D eigenvalue weighted by molar-refractivity contribution is -0.120. The molecule has 0 unspecified atom stereocenters. The van der Waals surface area contributed by atoms with Crippen molar-refractivity contribution in [2.75, 3.05) is 30.4 Å². The second-order valence-electron chi connectivity index (χ2n) is 8.68. The van der Waals surface area contributed by atoms with Crippen molar-refractivity contribution in [3.8, 4) is 0 Å². The maximum atomic E-state index is 13.0. The minimum absolute atomic E-state index is 0.111. The molecule has 0 radical (unpaired) electrons. The third kappa shape index (κ3) is 4.62. The molecule has 31 heavy (non-hydrogen) atoms. The van der Waals surface area contributed by atoms with Crippen LogP contribution in [0.5, 0.6) is 0 Å². The van der Waals surface area contributed by atoms with E-state index in [1.165, 1.54) is 46.7 Å². The summed E-state index contributed by atoms with van der Waals surface area (Å²) in [6.07, 6.45) is 6.63. The van der Waals surface area contributed by atoms with Crippen LogP contribution in [0.1, 0.15) is 59.0 Å². The van der Waals surface area contributed by atoms with Gasteiger partial charge >= 0.3 is 0 Å². The number of carbonyl (C=O) groups excluding carboxylic acids is 2. The topological polar surface area (TPSA) is 78.7 Å². The van der Waals surface area contributed by atoms with Gasteiger partial charge in [-0.1, -0.05) is 18.2 Å². The van der Waals surface area contributed by atoms with Gasteiger partial charge in [-0.3, -0.25) is 14.5 Å². The Morgan fingerprint density at radius 1 is 1.16 bits per heavy atom. The lowest BCUT2D eigenvalue weighted by Gasteiger charge is -2.32. The van der Waals surface area contributed by atoms with Crippen LogP contribution in [0.3, 0.4) is 0 Å². The molecule has 2 amide bonds. The van der Waals surface area contributed by atoms with E-state index in [2.05, 4.69) is 39.4 Å². The Hall–Kier alpha value is -2.38. The van der Waals surface area contributed by atoms with Gasteiger partial charge in [0.05, 0.1) is 11.6 Å². The fraction of sp³-hybridized carbons (Fsp3) is 0.500. The normalized spacial score (nSPS) is 16.9. The number of nitrogens with two attached hydrogens (primary N) is 1. The summed E-state index contributed by atoms with van der Waals surface area (Å²) in [7, 11) is 1.97. The zero-order valence-electron chi connectivity index (χ0n) is 18.4. The van der Waals surface area contributed by atoms with Gasteiger partial charge in [-0.05, 0) is 69.7 Å². The van der Waals surface area contributed by atoms with Crippen LogP contribution in [0, 0.1) is 0 Å². The first kappa shape index (κ1) is 21.8. The Bertz CT molecular complexity index is 964. The van der Waals surface area contributed by atoms with Gasteiger partial charge in [0.1, 0.15) is 5.00 Å². The van der Waals surface area contributed by atoms with Gasteiger partial charge in [0.25, 0.3) is 5.91 Å². The van der Waals surface area contributed by atoms with E-state index in [0.717, 1.165) is 37.9 Å². The second-order valence-corrected chi connectivity index (χ2v) is 9.79. The molecule has 1 aliphatic heterocycles. The Morgan fingerprint density at radius 2 is 1.90 bits per heavy atom. The van der Waals surface area contributed by atoms with E-state index in [0.29, 0.717) is 17.1 Å². The molecule has 2 aromatic rings. The number of para-hydroxylation sites is 1. The number of rotatable bonds is 7. The number of thiophene rings is 1. The van der Waals surface area contributed by atoms with E-state index in [1.807, 2.05) is 14.0 Å². The van der Waals surface area contributed by atoms with Crippen molar-refractivity contribution >= 4 is 33.8 Å². The standard InChI is InChI=1S/C24H32N4O2S/c1-16(23(30)26-24-21(22(25)29)18-10-8-12-20(18)31-24)27(2)15-17-9-4-5-11-19(17)28-13-6-3-7-14-28/h4-5,9,11,16H,3,6-8,10,12-15H2,1-2H3,(H2,25,29)(H,26,30)/t16-/m1/s1. The van der Waals surface area contributed by atoms with Gasteiger partial charge in [-0.2, -0.15) is 0 Å². The quantitative estimate of drug-likeness (QED) is 0.687. The minimum atomic E-state index is -0.453. The first-order chi connectivity index (χ1) is 15.0. The summed E-state index contributed by atoms with van der Waals surface area (Å²) in [5, 5.41) is 3.60. The minimum Gasteiger partial charge on any atom is -0.371 e. The molecule has 1 fully saturated rings. The van der Waals surface area contributed by atoms with Crippen molar-refractivity contribution in [1.82, 2.24) is 4.90 Å². The van der Waals surface area contributed by atoms with Gasteiger partial charge in [0.2, 0.25) is 5.91 Å². The average Bonchev–Trinajstić information content (AvgIpc) is 3.34. The predicted molar refractivity (Wildman–Crippen MR) is 127 cm³/mol. The fourth-order valence-corrected chi connectivity index (χ4v) is 5.96. The van der Waals surface area contributed by atoms with Crippen LogP contribution in [0.2, 0.25) is 0 Å². The Balaban J connectivity index is 1.45. The van der Waals surface area contributed by atoms with Crippen molar-refractivity contribution in [2.45, 2.75) is 58.0 Å². The van der Waals surface area contributed by atoms with Crippen molar-refractivity contribution in [3.05, 3.63) is 45.8 Å². The number of piperidine rings is 1. The number of aryl methyl sites for hydroxylation is 1. The first-order valence-electron chi connectivity index (χ1n) is 11.2. The smallest absolute Gasteiger partial charge is 0.251 e. The zero-order chi connectivity index (χ0) is 22.0. The van der Waals surface area contributed by atoms with Crippen LogP contribution in [0.4, 0.5) is 10.7 Å². The highest BCUT2D eigenvalue weighted by Gasteiger charge is 2.28. The van der Waals surface area contributed by atoms with Crippen molar-refractivity contribution in [1.29, 1.82) is 0 Å². The van der Waals surface area contributed by atoms with E-state index in [9.17, 15) is 9.59 Å². The molecule has 0 saturated carbocycles. The van der Waals surface area contributed by atoms with Crippen LogP contribution >= 0.6 is 11.3 Å². The summed E-state index contributed by atoms with van der Waals surface area (Å²) in [5.74, 6) is -0.563. The van der Waals surface area contributed by atoms with Gasteiger partial charge in [-0.15, -0.1) is 11.3 Å². The number of nitrogens with zero attached hydrogens (tertiary/aromatic N) is 2. The highest BCUT2D eigenvalue weighted by molar-refractivity contribution is 7.17. The number of amides is 2. The van der Waals surface area contributed by atoms with E-state index in [1.54, 1.807) is 0 Å². The monoisotopic (exact) mass is 440 g/mol. The summed E-state index contributed by atoms with van der Waals surface area (Å²) in [4.78, 5) is 30.7. The molecule has 2 heterocycles. The molecule has 6 nitrogen and oxygen atoms in total. The average molecular weight is 441 g/mol. The Labute approximate surface area is 188 Å². The zero-order valence-corrected chi connectivity index (χ0v) is 19.3. The van der Waals surface area contributed by atoms with Gasteiger partial charge < -0.3 is 16.0 Å². The van der Waals surface area contributed by atoms with Crippen molar-refractivity contribution < 1.29 is 9.59 Å². The molecule has 166 valence electrons. The molecule has 3 N–H and O–H groups in total. The lowest BCUT2D eigenvalue weighted by atomic mass is 10.1. The number of nitrogens with one attached hydrogen (secondary N) is 1. The van der Waals surface area contributed by atoms with Crippen molar-refractivity contribution in [3.63, 3.8) is 0 Å². The molecule has 1 saturated heterocycles. The Morgan fingerprint density at radius 3 is 2.65 bits per heavy atom. The maximum Gasteiger partial charge on any atom is 0.251 e. The molecule has 1 aromatic carbocycles. The summed E-state index contributed by atoms with van der Waals surface area (Å²) in [5.41, 5.74) is 9.68. The van der Waals surface area contributed by atoms with Crippen LogP contribution in [0.15, 0.2) is 24.3 Å². The number of carbonyl (C=O) groups is 2. The number of benzene rings is 1. The van der Waals surface area contributed by atoms with Crippen LogP contribution in [-0.4, -0.2) is 42.9 Å². The highest BCUT2D eigenvalue weighted by Crippen LogP contribution is 2.39. The van der Waals surface area contributed by atoms with E-state index in [-0.39, 0.29) is 11.9 Å². The first-order valence-corrected chi connectivity index (χ1v) is 12.1. The summed E-state index contributed by atoms with van der Waals surface area (Å²) >= 11 is 1.50. The molecular formula is C24H32N4O2S. The van der Waals surface area contributed by atoms with Gasteiger partial charge in [0.15, 0.2) is 0 Å². The maximum absolute atomic E-state index is 13.0. The third-order valence-electron chi connectivity index (χ3n) is 6.55. The largest absolute Gasteiger partial charge is 0.371 e. The number of anilines is 2.